The molecule has 1 aromatic carbocycles. The van der Waals surface area contributed by atoms with Crippen LogP contribution >= 0.6 is 43.2 Å². The predicted octanol–water partition coefficient (Wildman–Crippen LogP) is 4.32. The molecule has 0 spiro atoms. The Hall–Kier alpha value is -0.160. The van der Waals surface area contributed by atoms with Crippen molar-refractivity contribution in [1.82, 2.24) is 0 Å². The molecular formula is C11H9Br2NS. The lowest BCUT2D eigenvalue weighted by Crippen LogP contribution is -2.10. The first-order valence-corrected chi connectivity index (χ1v) is 6.93. The highest BCUT2D eigenvalue weighted by Gasteiger charge is 2.10. The Balaban J connectivity index is 2.37. The topological polar surface area (TPSA) is 26.0 Å². The van der Waals surface area contributed by atoms with Gasteiger partial charge in [0, 0.05) is 8.95 Å². The van der Waals surface area contributed by atoms with Gasteiger partial charge in [0.15, 0.2) is 0 Å². The van der Waals surface area contributed by atoms with E-state index in [1.165, 1.54) is 0 Å². The minimum atomic E-state index is -0.0509. The van der Waals surface area contributed by atoms with Gasteiger partial charge < -0.3 is 5.73 Å². The highest BCUT2D eigenvalue weighted by atomic mass is 79.9. The fraction of sp³-hybridized carbons (Fsp3) is 0.0909. The zero-order valence-corrected chi connectivity index (χ0v) is 11.8. The van der Waals surface area contributed by atoms with Crippen molar-refractivity contribution in [3.05, 3.63) is 55.1 Å². The maximum Gasteiger partial charge on any atom is 0.0560 e. The Labute approximate surface area is 110 Å². The number of hydrogen-bond donors (Lipinski definition) is 1. The van der Waals surface area contributed by atoms with Gasteiger partial charge in [0.2, 0.25) is 0 Å². The summed E-state index contributed by atoms with van der Waals surface area (Å²) in [5, 5.41) is 4.13. The van der Waals surface area contributed by atoms with Crippen molar-refractivity contribution in [2.75, 3.05) is 0 Å². The molecule has 2 aromatic rings. The van der Waals surface area contributed by atoms with E-state index in [-0.39, 0.29) is 6.04 Å². The maximum atomic E-state index is 6.16. The highest BCUT2D eigenvalue weighted by molar-refractivity contribution is 9.11. The molecule has 15 heavy (non-hydrogen) atoms. The second-order valence-corrected chi connectivity index (χ2v) is 5.85. The molecule has 4 heteroatoms. The molecule has 1 atom stereocenters. The third-order valence-electron chi connectivity index (χ3n) is 2.15. The van der Waals surface area contributed by atoms with Crippen LogP contribution in [0.15, 0.2) is 44.0 Å². The zero-order valence-electron chi connectivity index (χ0n) is 7.78. The summed E-state index contributed by atoms with van der Waals surface area (Å²) in [4.78, 5) is 0. The lowest BCUT2D eigenvalue weighted by Gasteiger charge is -2.11. The van der Waals surface area contributed by atoms with Gasteiger partial charge in [0.1, 0.15) is 0 Å². The smallest absolute Gasteiger partial charge is 0.0560 e. The average Bonchev–Trinajstić information content (AvgIpc) is 2.67. The van der Waals surface area contributed by atoms with Gasteiger partial charge >= 0.3 is 0 Å². The third kappa shape index (κ3) is 2.69. The van der Waals surface area contributed by atoms with Crippen LogP contribution in [0.2, 0.25) is 0 Å². The van der Waals surface area contributed by atoms with Crippen molar-refractivity contribution >= 4 is 43.2 Å². The first-order chi connectivity index (χ1) is 7.16. The van der Waals surface area contributed by atoms with E-state index < -0.39 is 0 Å². The Bertz CT molecular complexity index is 433. The Morgan fingerprint density at radius 1 is 1.07 bits per heavy atom. The van der Waals surface area contributed by atoms with Crippen LogP contribution in [0.1, 0.15) is 17.2 Å². The molecule has 0 amide bonds. The van der Waals surface area contributed by atoms with Crippen molar-refractivity contribution in [3.8, 4) is 0 Å². The molecule has 0 saturated heterocycles. The van der Waals surface area contributed by atoms with Gasteiger partial charge in [-0.15, -0.1) is 0 Å². The van der Waals surface area contributed by atoms with Gasteiger partial charge in [-0.05, 0) is 46.2 Å². The average molecular weight is 347 g/mol. The highest BCUT2D eigenvalue weighted by Crippen LogP contribution is 2.27. The normalized spacial score (nSPS) is 12.7. The fourth-order valence-electron chi connectivity index (χ4n) is 1.40. The van der Waals surface area contributed by atoms with Crippen molar-refractivity contribution in [2.45, 2.75) is 6.04 Å². The summed E-state index contributed by atoms with van der Waals surface area (Å²) < 4.78 is 2.08. The number of benzene rings is 1. The lowest BCUT2D eigenvalue weighted by molar-refractivity contribution is 0.875. The van der Waals surface area contributed by atoms with E-state index in [2.05, 4.69) is 43.3 Å². The standard InChI is InChI=1S/C11H9Br2NS/c12-9-3-8(4-10(13)5-9)11(14)7-1-2-15-6-7/h1-6,11H,14H2. The first kappa shape index (κ1) is 11.3. The summed E-state index contributed by atoms with van der Waals surface area (Å²) in [6.07, 6.45) is 0. The molecule has 0 aliphatic carbocycles. The Morgan fingerprint density at radius 2 is 1.73 bits per heavy atom. The summed E-state index contributed by atoms with van der Waals surface area (Å²) in [6, 6.07) is 8.11. The molecule has 0 saturated carbocycles. The van der Waals surface area contributed by atoms with Gasteiger partial charge in [0.25, 0.3) is 0 Å². The first-order valence-electron chi connectivity index (χ1n) is 4.40. The molecule has 2 N–H and O–H groups in total. The van der Waals surface area contributed by atoms with Crippen LogP contribution in [0.25, 0.3) is 0 Å². The summed E-state index contributed by atoms with van der Waals surface area (Å²) in [5.74, 6) is 0. The van der Waals surface area contributed by atoms with Crippen molar-refractivity contribution in [2.24, 2.45) is 5.73 Å². The van der Waals surface area contributed by atoms with E-state index in [1.807, 2.05) is 23.6 Å². The second-order valence-electron chi connectivity index (χ2n) is 3.24. The van der Waals surface area contributed by atoms with E-state index in [4.69, 9.17) is 5.73 Å². The number of nitrogens with two attached hydrogens (primary N) is 1. The molecule has 0 bridgehead atoms. The minimum absolute atomic E-state index is 0.0509. The Kier molecular flexibility index (Phi) is 3.61. The van der Waals surface area contributed by atoms with Crippen LogP contribution < -0.4 is 5.73 Å². The van der Waals surface area contributed by atoms with Gasteiger partial charge in [-0.1, -0.05) is 31.9 Å². The van der Waals surface area contributed by atoms with Crippen LogP contribution in [0, 0.1) is 0 Å². The lowest BCUT2D eigenvalue weighted by atomic mass is 10.0. The molecule has 0 radical (unpaired) electrons. The summed E-state index contributed by atoms with van der Waals surface area (Å²) >= 11 is 8.59. The van der Waals surface area contributed by atoms with Crippen LogP contribution in [0.5, 0.6) is 0 Å². The van der Waals surface area contributed by atoms with Crippen molar-refractivity contribution in [1.29, 1.82) is 0 Å². The van der Waals surface area contributed by atoms with Crippen LogP contribution in [0.4, 0.5) is 0 Å². The van der Waals surface area contributed by atoms with Crippen LogP contribution in [-0.2, 0) is 0 Å². The SMILES string of the molecule is NC(c1ccsc1)c1cc(Br)cc(Br)c1. The third-order valence-corrected chi connectivity index (χ3v) is 3.76. The molecular weight excluding hydrogens is 338 g/mol. The molecule has 78 valence electrons. The molecule has 0 aliphatic rings. The van der Waals surface area contributed by atoms with E-state index in [9.17, 15) is 0 Å². The van der Waals surface area contributed by atoms with Crippen molar-refractivity contribution < 1.29 is 0 Å². The number of rotatable bonds is 2. The van der Waals surface area contributed by atoms with Gasteiger partial charge in [-0.3, -0.25) is 0 Å². The quantitative estimate of drug-likeness (QED) is 0.860. The molecule has 0 aliphatic heterocycles. The van der Waals surface area contributed by atoms with E-state index in [0.717, 1.165) is 20.1 Å². The molecule has 1 heterocycles. The Morgan fingerprint density at radius 3 is 2.27 bits per heavy atom. The van der Waals surface area contributed by atoms with E-state index >= 15 is 0 Å². The molecule has 2 rings (SSSR count). The molecule has 1 aromatic heterocycles. The molecule has 1 unspecified atom stereocenters. The summed E-state index contributed by atoms with van der Waals surface area (Å²) in [7, 11) is 0. The molecule has 1 nitrogen and oxygen atoms in total. The van der Waals surface area contributed by atoms with Gasteiger partial charge in [0.05, 0.1) is 6.04 Å². The monoisotopic (exact) mass is 345 g/mol. The van der Waals surface area contributed by atoms with E-state index in [1.54, 1.807) is 11.3 Å². The fourth-order valence-corrected chi connectivity index (χ4v) is 3.42. The number of hydrogen-bond acceptors (Lipinski definition) is 2. The maximum absolute atomic E-state index is 6.16. The van der Waals surface area contributed by atoms with Gasteiger partial charge in [-0.2, -0.15) is 11.3 Å². The zero-order chi connectivity index (χ0) is 10.8. The van der Waals surface area contributed by atoms with E-state index in [0.29, 0.717) is 0 Å². The summed E-state index contributed by atoms with van der Waals surface area (Å²) in [6.45, 7) is 0. The predicted molar refractivity (Wildman–Crippen MR) is 72.2 cm³/mol. The van der Waals surface area contributed by atoms with Crippen LogP contribution in [0.3, 0.4) is 0 Å². The number of halogens is 2. The van der Waals surface area contributed by atoms with Crippen LogP contribution in [-0.4, -0.2) is 0 Å². The minimum Gasteiger partial charge on any atom is -0.320 e. The van der Waals surface area contributed by atoms with Gasteiger partial charge in [-0.25, -0.2) is 0 Å². The largest absolute Gasteiger partial charge is 0.320 e. The molecule has 0 fully saturated rings. The second kappa shape index (κ2) is 4.78. The summed E-state index contributed by atoms with van der Waals surface area (Å²) in [5.41, 5.74) is 8.43. The van der Waals surface area contributed by atoms with Crippen molar-refractivity contribution in [3.63, 3.8) is 0 Å². The number of thiophene rings is 1.